The van der Waals surface area contributed by atoms with Crippen molar-refractivity contribution < 1.29 is 9.90 Å². The Hall–Kier alpha value is -1.06. The number of β-amino-alcohol motifs (C(OH)–C–C–N with tert-alkyl or cyclic N) is 1. The quantitative estimate of drug-likeness (QED) is 0.849. The average Bonchev–Trinajstić information content (AvgIpc) is 2.35. The van der Waals surface area contributed by atoms with Crippen molar-refractivity contribution in [3.63, 3.8) is 0 Å². The molecule has 1 aliphatic rings. The third-order valence-corrected chi connectivity index (χ3v) is 4.13. The van der Waals surface area contributed by atoms with Crippen LogP contribution in [0.4, 0.5) is 0 Å². The fourth-order valence-corrected chi connectivity index (χ4v) is 2.42. The Morgan fingerprint density at radius 2 is 2.22 bits per heavy atom. The van der Waals surface area contributed by atoms with E-state index >= 15 is 0 Å². The fourth-order valence-electron chi connectivity index (χ4n) is 2.22. The van der Waals surface area contributed by atoms with Gasteiger partial charge >= 0.3 is 0 Å². The largest absolute Gasteiger partial charge is 0.391 e. The Bertz CT molecular complexity index is 461. The van der Waals surface area contributed by atoms with Gasteiger partial charge in [0.1, 0.15) is 0 Å². The number of aryl methyl sites for hydroxylation is 1. The summed E-state index contributed by atoms with van der Waals surface area (Å²) in [6, 6.07) is 5.45. The van der Waals surface area contributed by atoms with Crippen molar-refractivity contribution in [2.75, 3.05) is 13.1 Å². The normalized spacial score (nSPS) is 24.1. The van der Waals surface area contributed by atoms with Crippen molar-refractivity contribution in [2.45, 2.75) is 26.4 Å². The van der Waals surface area contributed by atoms with Crippen LogP contribution < -0.4 is 0 Å². The number of benzene rings is 1. The number of halogens is 1. The maximum atomic E-state index is 12.4. The first-order valence-electron chi connectivity index (χ1n) is 6.23. The topological polar surface area (TPSA) is 40.5 Å². The van der Waals surface area contributed by atoms with Crippen molar-refractivity contribution in [3.8, 4) is 0 Å². The van der Waals surface area contributed by atoms with E-state index < -0.39 is 6.10 Å². The molecule has 1 aromatic carbocycles. The molecular formula is C14H18ClNO2. The minimum absolute atomic E-state index is 0.0883. The minimum Gasteiger partial charge on any atom is -0.391 e. The first-order valence-corrected chi connectivity index (χ1v) is 6.61. The number of piperidine rings is 1. The van der Waals surface area contributed by atoms with Gasteiger partial charge in [0.05, 0.1) is 16.7 Å². The van der Waals surface area contributed by atoms with Crippen molar-refractivity contribution in [1.82, 2.24) is 4.90 Å². The van der Waals surface area contributed by atoms with Gasteiger partial charge in [0, 0.05) is 13.1 Å². The molecule has 18 heavy (non-hydrogen) atoms. The van der Waals surface area contributed by atoms with Crippen LogP contribution in [0.25, 0.3) is 0 Å². The van der Waals surface area contributed by atoms with Crippen molar-refractivity contribution >= 4 is 17.5 Å². The van der Waals surface area contributed by atoms with Gasteiger partial charge in [0.25, 0.3) is 5.91 Å². The summed E-state index contributed by atoms with van der Waals surface area (Å²) in [7, 11) is 0. The molecule has 3 nitrogen and oxygen atoms in total. The number of carbonyl (C=O) groups excluding carboxylic acids is 1. The maximum Gasteiger partial charge on any atom is 0.255 e. The van der Waals surface area contributed by atoms with E-state index in [-0.39, 0.29) is 11.8 Å². The number of hydrogen-bond donors (Lipinski definition) is 1. The molecule has 0 spiro atoms. The molecule has 1 N–H and O–H groups in total. The zero-order valence-electron chi connectivity index (χ0n) is 10.7. The zero-order chi connectivity index (χ0) is 13.3. The standard InChI is InChI=1S/C14H18ClNO2/c1-9-6-7-16(8-12(9)17)14(18)11-5-3-4-10(2)13(11)15/h3-5,9,12,17H,6-8H2,1-2H3. The molecular weight excluding hydrogens is 250 g/mol. The second-order valence-electron chi connectivity index (χ2n) is 5.02. The summed E-state index contributed by atoms with van der Waals surface area (Å²) in [5.41, 5.74) is 1.42. The van der Waals surface area contributed by atoms with Crippen LogP contribution in [-0.2, 0) is 0 Å². The molecule has 1 heterocycles. The minimum atomic E-state index is -0.439. The van der Waals surface area contributed by atoms with Crippen LogP contribution in [0.5, 0.6) is 0 Å². The summed E-state index contributed by atoms with van der Waals surface area (Å²) in [5.74, 6) is 0.164. The van der Waals surface area contributed by atoms with E-state index in [1.165, 1.54) is 0 Å². The molecule has 0 aromatic heterocycles. The van der Waals surface area contributed by atoms with Crippen molar-refractivity contribution in [2.24, 2.45) is 5.92 Å². The van der Waals surface area contributed by atoms with Crippen LogP contribution in [0.3, 0.4) is 0 Å². The Kier molecular flexibility index (Phi) is 3.93. The summed E-state index contributed by atoms with van der Waals surface area (Å²) in [6.07, 6.45) is 0.391. The Labute approximate surface area is 112 Å². The van der Waals surface area contributed by atoms with Gasteiger partial charge in [-0.1, -0.05) is 30.7 Å². The highest BCUT2D eigenvalue weighted by Crippen LogP contribution is 2.24. The number of nitrogens with zero attached hydrogens (tertiary/aromatic N) is 1. The van der Waals surface area contributed by atoms with Crippen LogP contribution in [0, 0.1) is 12.8 Å². The smallest absolute Gasteiger partial charge is 0.255 e. The Morgan fingerprint density at radius 1 is 1.50 bits per heavy atom. The SMILES string of the molecule is Cc1cccc(C(=O)N2CCC(C)C(O)C2)c1Cl. The number of aliphatic hydroxyl groups excluding tert-OH is 1. The molecule has 1 fully saturated rings. The Balaban J connectivity index is 2.19. The molecule has 1 amide bonds. The number of aliphatic hydroxyl groups is 1. The highest BCUT2D eigenvalue weighted by Gasteiger charge is 2.28. The third kappa shape index (κ3) is 2.52. The van der Waals surface area contributed by atoms with Gasteiger partial charge in [-0.3, -0.25) is 4.79 Å². The van der Waals surface area contributed by atoms with Crippen LogP contribution in [0.1, 0.15) is 29.3 Å². The highest BCUT2D eigenvalue weighted by atomic mass is 35.5. The van der Waals surface area contributed by atoms with Gasteiger partial charge < -0.3 is 10.0 Å². The first-order chi connectivity index (χ1) is 8.50. The molecule has 1 aliphatic heterocycles. The fraction of sp³-hybridized carbons (Fsp3) is 0.500. The van der Waals surface area contributed by atoms with E-state index in [9.17, 15) is 9.90 Å². The van der Waals surface area contributed by atoms with Gasteiger partial charge in [-0.05, 0) is 30.9 Å². The number of likely N-dealkylation sites (tertiary alicyclic amines) is 1. The predicted molar refractivity (Wildman–Crippen MR) is 71.9 cm³/mol. The highest BCUT2D eigenvalue weighted by molar-refractivity contribution is 6.34. The lowest BCUT2D eigenvalue weighted by Gasteiger charge is -2.34. The second kappa shape index (κ2) is 5.29. The summed E-state index contributed by atoms with van der Waals surface area (Å²) in [6.45, 7) is 4.96. The third-order valence-electron chi connectivity index (χ3n) is 3.63. The number of hydrogen-bond acceptors (Lipinski definition) is 2. The predicted octanol–water partition coefficient (Wildman–Crippen LogP) is 2.49. The van der Waals surface area contributed by atoms with Crippen LogP contribution in [0.15, 0.2) is 18.2 Å². The average molecular weight is 268 g/mol. The van der Waals surface area contributed by atoms with E-state index in [0.717, 1.165) is 12.0 Å². The van der Waals surface area contributed by atoms with Gasteiger partial charge in [-0.15, -0.1) is 0 Å². The van der Waals surface area contributed by atoms with Crippen LogP contribution in [0.2, 0.25) is 5.02 Å². The molecule has 2 atom stereocenters. The molecule has 2 rings (SSSR count). The lowest BCUT2D eigenvalue weighted by Crippen LogP contribution is -2.45. The van der Waals surface area contributed by atoms with Crippen molar-refractivity contribution in [3.05, 3.63) is 34.3 Å². The van der Waals surface area contributed by atoms with Crippen LogP contribution in [-0.4, -0.2) is 35.1 Å². The lowest BCUT2D eigenvalue weighted by atomic mass is 9.95. The molecule has 0 bridgehead atoms. The second-order valence-corrected chi connectivity index (χ2v) is 5.40. The summed E-state index contributed by atoms with van der Waals surface area (Å²) in [4.78, 5) is 14.0. The molecule has 2 unspecified atom stereocenters. The van der Waals surface area contributed by atoms with Gasteiger partial charge in [-0.2, -0.15) is 0 Å². The summed E-state index contributed by atoms with van der Waals surface area (Å²) in [5, 5.41) is 10.4. The molecule has 4 heteroatoms. The van der Waals surface area contributed by atoms with Crippen molar-refractivity contribution in [1.29, 1.82) is 0 Å². The van der Waals surface area contributed by atoms with E-state index in [0.29, 0.717) is 23.7 Å². The van der Waals surface area contributed by atoms with E-state index in [4.69, 9.17) is 11.6 Å². The zero-order valence-corrected chi connectivity index (χ0v) is 11.4. The number of carbonyl (C=O) groups is 1. The Morgan fingerprint density at radius 3 is 2.89 bits per heavy atom. The summed E-state index contributed by atoms with van der Waals surface area (Å²) < 4.78 is 0. The summed E-state index contributed by atoms with van der Waals surface area (Å²) >= 11 is 6.16. The monoisotopic (exact) mass is 267 g/mol. The van der Waals surface area contributed by atoms with E-state index in [2.05, 4.69) is 0 Å². The van der Waals surface area contributed by atoms with E-state index in [1.807, 2.05) is 26.0 Å². The molecule has 1 saturated heterocycles. The molecule has 1 aromatic rings. The molecule has 0 aliphatic carbocycles. The van der Waals surface area contributed by atoms with Gasteiger partial charge in [-0.25, -0.2) is 0 Å². The number of amides is 1. The van der Waals surface area contributed by atoms with Gasteiger partial charge in [0.15, 0.2) is 0 Å². The van der Waals surface area contributed by atoms with Gasteiger partial charge in [0.2, 0.25) is 0 Å². The first kappa shape index (κ1) is 13.4. The maximum absolute atomic E-state index is 12.4. The van der Waals surface area contributed by atoms with E-state index in [1.54, 1.807) is 11.0 Å². The lowest BCUT2D eigenvalue weighted by molar-refractivity contribution is 0.0249. The molecule has 0 saturated carbocycles. The number of rotatable bonds is 1. The molecule has 0 radical (unpaired) electrons. The molecule has 98 valence electrons. The van der Waals surface area contributed by atoms with Crippen LogP contribution >= 0.6 is 11.6 Å².